The first-order valence-electron chi connectivity index (χ1n) is 11.0. The van der Waals surface area contributed by atoms with Gasteiger partial charge in [-0.05, 0) is 49.1 Å². The Labute approximate surface area is 206 Å². The Bertz CT molecular complexity index is 1420. The first kappa shape index (κ1) is 26.1. The van der Waals surface area contributed by atoms with Gasteiger partial charge in [-0.15, -0.1) is 0 Å². The molecule has 0 saturated heterocycles. The average molecular weight is 494 g/mol. The molecule has 1 amide bonds. The Morgan fingerprint density at radius 2 is 1.78 bits per heavy atom. The van der Waals surface area contributed by atoms with Gasteiger partial charge in [0.25, 0.3) is 17.2 Å². The number of ether oxygens (including phenoxy) is 1. The van der Waals surface area contributed by atoms with Gasteiger partial charge in [0.2, 0.25) is 0 Å². The maximum atomic E-state index is 13.1. The van der Waals surface area contributed by atoms with E-state index in [4.69, 9.17) is 0 Å². The third-order valence-electron chi connectivity index (χ3n) is 5.61. The van der Waals surface area contributed by atoms with Crippen molar-refractivity contribution in [3.8, 4) is 5.69 Å². The zero-order valence-corrected chi connectivity index (χ0v) is 20.8. The van der Waals surface area contributed by atoms with E-state index in [-0.39, 0.29) is 33.4 Å². The molecule has 3 aromatic rings. The van der Waals surface area contributed by atoms with E-state index >= 15 is 0 Å². The zero-order chi connectivity index (χ0) is 26.8. The molecule has 0 bridgehead atoms. The molecule has 0 aliphatic heterocycles. The predicted molar refractivity (Wildman–Crippen MR) is 134 cm³/mol. The lowest BCUT2D eigenvalue weighted by Gasteiger charge is -2.19. The summed E-state index contributed by atoms with van der Waals surface area (Å²) in [6.07, 6.45) is 0. The van der Waals surface area contributed by atoms with Crippen LogP contribution in [0.5, 0.6) is 0 Å². The summed E-state index contributed by atoms with van der Waals surface area (Å²) < 4.78 is 5.93. The molecule has 188 valence electrons. The van der Waals surface area contributed by atoms with Crippen LogP contribution in [0.25, 0.3) is 5.69 Å². The van der Waals surface area contributed by atoms with Crippen molar-refractivity contribution in [3.63, 3.8) is 0 Å². The van der Waals surface area contributed by atoms with Gasteiger partial charge >= 0.3 is 5.97 Å². The number of hydrazone groups is 1. The average Bonchev–Trinajstić information content (AvgIpc) is 3.14. The van der Waals surface area contributed by atoms with Crippen LogP contribution in [0.1, 0.15) is 65.2 Å². The van der Waals surface area contributed by atoms with Crippen molar-refractivity contribution in [1.29, 1.82) is 0 Å². The van der Waals surface area contributed by atoms with Crippen molar-refractivity contribution < 1.29 is 19.2 Å². The van der Waals surface area contributed by atoms with Gasteiger partial charge in [0, 0.05) is 17.3 Å². The van der Waals surface area contributed by atoms with Gasteiger partial charge in [-0.3, -0.25) is 24.8 Å². The number of aryl methyl sites for hydroxylation is 1. The number of aromatic amines is 1. The number of carbonyl (C=O) groups excluding carboxylic acids is 2. The molecule has 2 N–H and O–H groups in total. The molecule has 0 aliphatic rings. The number of nitro benzene ring substituents is 1. The van der Waals surface area contributed by atoms with Crippen LogP contribution in [0.2, 0.25) is 0 Å². The number of rotatable bonds is 6. The number of amides is 1. The largest absolute Gasteiger partial charge is 0.465 e. The SMILES string of the molecule is COC(=O)c1ccc(C(=O)N/N=C(\C)c2c(C)[nH]n(-c3ccc(C(C)(C)C)cc3)c2=O)cc1[N+](=O)[O-]. The summed E-state index contributed by atoms with van der Waals surface area (Å²) in [5.74, 6) is -1.64. The monoisotopic (exact) mass is 493 g/mol. The number of esters is 1. The fourth-order valence-corrected chi connectivity index (χ4v) is 3.63. The molecule has 0 saturated carbocycles. The van der Waals surface area contributed by atoms with Crippen molar-refractivity contribution in [3.05, 3.63) is 90.9 Å². The van der Waals surface area contributed by atoms with Crippen LogP contribution in [0.3, 0.4) is 0 Å². The minimum Gasteiger partial charge on any atom is -0.465 e. The van der Waals surface area contributed by atoms with E-state index in [1.165, 1.54) is 10.7 Å². The van der Waals surface area contributed by atoms with Crippen LogP contribution < -0.4 is 11.0 Å². The number of benzene rings is 2. The molecule has 11 nitrogen and oxygen atoms in total. The molecule has 1 aromatic heterocycles. The van der Waals surface area contributed by atoms with E-state index < -0.39 is 22.5 Å². The van der Waals surface area contributed by atoms with Gasteiger partial charge in [-0.25, -0.2) is 14.9 Å². The third kappa shape index (κ3) is 5.24. The van der Waals surface area contributed by atoms with E-state index in [1.807, 2.05) is 24.3 Å². The fourth-order valence-electron chi connectivity index (χ4n) is 3.63. The van der Waals surface area contributed by atoms with Gasteiger partial charge in [0.1, 0.15) is 5.56 Å². The molecular weight excluding hydrogens is 466 g/mol. The maximum absolute atomic E-state index is 13.1. The second kappa shape index (κ2) is 9.98. The Kier molecular flexibility index (Phi) is 7.23. The van der Waals surface area contributed by atoms with Crippen molar-refractivity contribution >= 4 is 23.3 Å². The number of H-pyrrole nitrogens is 1. The summed E-state index contributed by atoms with van der Waals surface area (Å²) >= 11 is 0. The van der Waals surface area contributed by atoms with Gasteiger partial charge in [-0.1, -0.05) is 32.9 Å². The molecule has 1 heterocycles. The van der Waals surface area contributed by atoms with Gasteiger partial charge in [-0.2, -0.15) is 5.10 Å². The lowest BCUT2D eigenvalue weighted by atomic mass is 9.87. The lowest BCUT2D eigenvalue weighted by Crippen LogP contribution is -2.23. The smallest absolute Gasteiger partial charge is 0.344 e. The quantitative estimate of drug-likeness (QED) is 0.232. The van der Waals surface area contributed by atoms with Gasteiger partial charge in [0.05, 0.1) is 29.0 Å². The van der Waals surface area contributed by atoms with E-state index in [0.717, 1.165) is 24.8 Å². The lowest BCUT2D eigenvalue weighted by molar-refractivity contribution is -0.385. The molecular formula is C25H27N5O6. The van der Waals surface area contributed by atoms with Crippen LogP contribution in [0, 0.1) is 17.0 Å². The molecule has 0 atom stereocenters. The molecule has 0 radical (unpaired) electrons. The van der Waals surface area contributed by atoms with Crippen LogP contribution in [0.4, 0.5) is 5.69 Å². The van der Waals surface area contributed by atoms with Crippen molar-refractivity contribution in [2.24, 2.45) is 5.10 Å². The molecule has 0 spiro atoms. The summed E-state index contributed by atoms with van der Waals surface area (Å²) in [5, 5.41) is 18.4. The standard InChI is InChI=1S/C25H27N5O6/c1-14(26-27-22(31)16-7-12-19(24(33)36-6)20(13-16)30(34)35)21-15(2)28-29(23(21)32)18-10-8-17(9-11-18)25(3,4)5/h7-13,28H,1-6H3,(H,27,31)/b26-14+. The summed E-state index contributed by atoms with van der Waals surface area (Å²) in [7, 11) is 1.10. The van der Waals surface area contributed by atoms with Crippen molar-refractivity contribution in [1.82, 2.24) is 15.2 Å². The van der Waals surface area contributed by atoms with Crippen LogP contribution in [0.15, 0.2) is 52.4 Å². The highest BCUT2D eigenvalue weighted by Gasteiger charge is 2.23. The number of hydrogen-bond donors (Lipinski definition) is 2. The second-order valence-corrected chi connectivity index (χ2v) is 9.17. The number of nitro groups is 1. The van der Waals surface area contributed by atoms with E-state index in [2.05, 4.69) is 41.1 Å². The van der Waals surface area contributed by atoms with E-state index in [1.54, 1.807) is 13.8 Å². The second-order valence-electron chi connectivity index (χ2n) is 9.17. The predicted octanol–water partition coefficient (Wildman–Crippen LogP) is 3.62. The molecule has 3 rings (SSSR count). The summed E-state index contributed by atoms with van der Waals surface area (Å²) in [6, 6.07) is 11.0. The minimum absolute atomic E-state index is 0.0260. The Morgan fingerprint density at radius 1 is 1.14 bits per heavy atom. The summed E-state index contributed by atoms with van der Waals surface area (Å²) in [4.78, 5) is 47.9. The molecule has 0 unspecified atom stereocenters. The number of nitrogens with one attached hydrogen (secondary N) is 2. The first-order valence-corrected chi connectivity index (χ1v) is 11.0. The number of methoxy groups -OCH3 is 1. The summed E-state index contributed by atoms with van der Waals surface area (Å²) in [5.41, 5.74) is 3.84. The number of nitrogens with zero attached hydrogens (tertiary/aromatic N) is 3. The van der Waals surface area contributed by atoms with Crippen LogP contribution in [-0.4, -0.2) is 39.4 Å². The van der Waals surface area contributed by atoms with E-state index in [9.17, 15) is 24.5 Å². The van der Waals surface area contributed by atoms with Crippen LogP contribution in [-0.2, 0) is 10.2 Å². The minimum atomic E-state index is -0.894. The Balaban J connectivity index is 1.87. The van der Waals surface area contributed by atoms with Crippen LogP contribution >= 0.6 is 0 Å². The summed E-state index contributed by atoms with van der Waals surface area (Å²) in [6.45, 7) is 9.58. The molecule has 2 aromatic carbocycles. The molecule has 36 heavy (non-hydrogen) atoms. The van der Waals surface area contributed by atoms with Crippen molar-refractivity contribution in [2.45, 2.75) is 40.0 Å². The highest BCUT2D eigenvalue weighted by Crippen LogP contribution is 2.23. The van der Waals surface area contributed by atoms with Gasteiger partial charge in [0.15, 0.2) is 0 Å². The maximum Gasteiger partial charge on any atom is 0.344 e. The van der Waals surface area contributed by atoms with Gasteiger partial charge < -0.3 is 4.74 Å². The number of carbonyl (C=O) groups is 2. The van der Waals surface area contributed by atoms with Crippen molar-refractivity contribution in [2.75, 3.05) is 7.11 Å². The molecule has 11 heteroatoms. The topological polar surface area (TPSA) is 149 Å². The third-order valence-corrected chi connectivity index (χ3v) is 5.61. The number of aromatic nitrogens is 2. The number of hydrogen-bond acceptors (Lipinski definition) is 7. The first-order chi connectivity index (χ1) is 16.8. The molecule has 0 aliphatic carbocycles. The highest BCUT2D eigenvalue weighted by molar-refractivity contribution is 6.02. The highest BCUT2D eigenvalue weighted by atomic mass is 16.6. The molecule has 0 fully saturated rings. The zero-order valence-electron chi connectivity index (χ0n) is 20.8. The van der Waals surface area contributed by atoms with E-state index in [0.29, 0.717) is 11.4 Å². The fraction of sp³-hybridized carbons (Fsp3) is 0.280. The Morgan fingerprint density at radius 3 is 2.33 bits per heavy atom. The Hall–Kier alpha value is -4.54. The normalized spacial score (nSPS) is 11.8.